The second kappa shape index (κ2) is 5.10. The molecule has 0 amide bonds. The van der Waals surface area contributed by atoms with E-state index in [1.165, 1.54) is 12.1 Å². The normalized spacial score (nSPS) is 13.1. The van der Waals surface area contributed by atoms with E-state index >= 15 is 0 Å². The van der Waals surface area contributed by atoms with Gasteiger partial charge in [0, 0.05) is 12.5 Å². The van der Waals surface area contributed by atoms with Crippen LogP contribution in [0.15, 0.2) is 29.2 Å². The Hall–Kier alpha value is -1.38. The van der Waals surface area contributed by atoms with Crippen molar-refractivity contribution >= 4 is 10.0 Å². The van der Waals surface area contributed by atoms with E-state index in [4.69, 9.17) is 6.42 Å². The van der Waals surface area contributed by atoms with Gasteiger partial charge in [0.1, 0.15) is 5.82 Å². The van der Waals surface area contributed by atoms with Crippen molar-refractivity contribution in [1.82, 2.24) is 4.72 Å². The minimum atomic E-state index is -3.61. The maximum Gasteiger partial charge on any atom is 0.240 e. The fourth-order valence-corrected chi connectivity index (χ4v) is 2.41. The van der Waals surface area contributed by atoms with Gasteiger partial charge in [0.15, 0.2) is 0 Å². The number of sulfonamides is 1. The minimum Gasteiger partial charge on any atom is -0.207 e. The third-order valence-electron chi connectivity index (χ3n) is 1.90. The molecule has 0 heterocycles. The summed E-state index contributed by atoms with van der Waals surface area (Å²) in [4.78, 5) is 0.0257. The van der Waals surface area contributed by atoms with Gasteiger partial charge in [-0.2, -0.15) is 0 Å². The van der Waals surface area contributed by atoms with Gasteiger partial charge in [0.25, 0.3) is 0 Å². The van der Waals surface area contributed by atoms with Crippen molar-refractivity contribution in [2.24, 2.45) is 0 Å². The average Bonchev–Trinajstić information content (AvgIpc) is 2.17. The Morgan fingerprint density at radius 1 is 1.44 bits per heavy atom. The molecule has 1 aromatic carbocycles. The summed E-state index contributed by atoms with van der Waals surface area (Å²) in [5, 5.41) is 0. The van der Waals surface area contributed by atoms with Gasteiger partial charge in [-0.1, -0.05) is 0 Å². The van der Waals surface area contributed by atoms with Gasteiger partial charge in [0.2, 0.25) is 10.0 Å². The van der Waals surface area contributed by atoms with Crippen molar-refractivity contribution in [2.45, 2.75) is 24.3 Å². The van der Waals surface area contributed by atoms with E-state index in [2.05, 4.69) is 10.6 Å². The molecule has 3 nitrogen and oxygen atoms in total. The minimum absolute atomic E-state index is 0.0257. The lowest BCUT2D eigenvalue weighted by Gasteiger charge is -2.11. The number of terminal acetylenes is 1. The fourth-order valence-electron chi connectivity index (χ4n) is 1.17. The molecule has 1 rings (SSSR count). The SMILES string of the molecule is C#CCC(C)NS(=O)(=O)c1ccc(F)cc1. The second-order valence-electron chi connectivity index (χ2n) is 3.38. The Bertz CT molecular complexity index is 488. The molecule has 5 heteroatoms. The number of nitrogens with one attached hydrogen (secondary N) is 1. The van der Waals surface area contributed by atoms with Crippen molar-refractivity contribution in [1.29, 1.82) is 0 Å². The molecule has 1 N–H and O–H groups in total. The molecule has 0 fully saturated rings. The maximum atomic E-state index is 12.6. The van der Waals surface area contributed by atoms with Crippen LogP contribution in [0.3, 0.4) is 0 Å². The molecule has 0 radical (unpaired) electrons. The largest absolute Gasteiger partial charge is 0.240 e. The van der Waals surface area contributed by atoms with Crippen molar-refractivity contribution in [3.63, 3.8) is 0 Å². The monoisotopic (exact) mass is 241 g/mol. The summed E-state index contributed by atoms with van der Waals surface area (Å²) in [6.07, 6.45) is 5.38. The summed E-state index contributed by atoms with van der Waals surface area (Å²) in [6.45, 7) is 1.67. The molecule has 86 valence electrons. The molecule has 0 aromatic heterocycles. The van der Waals surface area contributed by atoms with E-state index in [-0.39, 0.29) is 10.9 Å². The molecule has 0 spiro atoms. The zero-order valence-corrected chi connectivity index (χ0v) is 9.59. The van der Waals surface area contributed by atoms with Crippen LogP contribution in [0.1, 0.15) is 13.3 Å². The Balaban J connectivity index is 2.87. The standard InChI is InChI=1S/C11H12FNO2S/c1-3-4-9(2)13-16(14,15)11-7-5-10(12)6-8-11/h1,5-9,13H,4H2,2H3. The van der Waals surface area contributed by atoms with Crippen molar-refractivity contribution in [2.75, 3.05) is 0 Å². The van der Waals surface area contributed by atoms with Gasteiger partial charge in [-0.25, -0.2) is 17.5 Å². The Morgan fingerprint density at radius 2 is 2.00 bits per heavy atom. The number of rotatable bonds is 4. The highest BCUT2D eigenvalue weighted by atomic mass is 32.2. The van der Waals surface area contributed by atoms with Crippen LogP contribution in [0.2, 0.25) is 0 Å². The molecule has 0 aliphatic heterocycles. The summed E-state index contributed by atoms with van der Waals surface area (Å²) < 4.78 is 38.5. The first-order chi connectivity index (χ1) is 7.45. The van der Waals surface area contributed by atoms with E-state index in [0.29, 0.717) is 6.42 Å². The molecular weight excluding hydrogens is 229 g/mol. The van der Waals surface area contributed by atoms with Crippen LogP contribution in [0.25, 0.3) is 0 Å². The molecule has 1 unspecified atom stereocenters. The van der Waals surface area contributed by atoms with Crippen LogP contribution in [0.4, 0.5) is 4.39 Å². The van der Waals surface area contributed by atoms with E-state index < -0.39 is 15.8 Å². The van der Waals surface area contributed by atoms with E-state index in [1.54, 1.807) is 6.92 Å². The highest BCUT2D eigenvalue weighted by molar-refractivity contribution is 7.89. The Labute approximate surface area is 94.7 Å². The van der Waals surface area contributed by atoms with E-state index in [1.807, 2.05) is 0 Å². The molecule has 0 saturated heterocycles. The first-order valence-electron chi connectivity index (χ1n) is 4.67. The molecule has 0 saturated carbocycles. The summed E-state index contributed by atoms with van der Waals surface area (Å²) in [6, 6.07) is 4.27. The number of hydrogen-bond donors (Lipinski definition) is 1. The number of hydrogen-bond acceptors (Lipinski definition) is 2. The van der Waals surface area contributed by atoms with Crippen molar-refractivity contribution < 1.29 is 12.8 Å². The molecule has 16 heavy (non-hydrogen) atoms. The quantitative estimate of drug-likeness (QED) is 0.812. The third kappa shape index (κ3) is 3.33. The summed E-state index contributed by atoms with van der Waals surface area (Å²) >= 11 is 0. The van der Waals surface area contributed by atoms with Gasteiger partial charge < -0.3 is 0 Å². The third-order valence-corrected chi connectivity index (χ3v) is 3.51. The van der Waals surface area contributed by atoms with E-state index in [0.717, 1.165) is 12.1 Å². The smallest absolute Gasteiger partial charge is 0.207 e. The van der Waals surface area contributed by atoms with Crippen molar-refractivity contribution in [3.8, 4) is 12.3 Å². The van der Waals surface area contributed by atoms with Gasteiger partial charge in [-0.3, -0.25) is 0 Å². The zero-order valence-electron chi connectivity index (χ0n) is 8.77. The van der Waals surface area contributed by atoms with Crippen LogP contribution in [0, 0.1) is 18.2 Å². The summed E-state index contributed by atoms with van der Waals surface area (Å²) in [5.41, 5.74) is 0. The highest BCUT2D eigenvalue weighted by Gasteiger charge is 2.16. The average molecular weight is 241 g/mol. The first kappa shape index (κ1) is 12.7. The number of halogens is 1. The zero-order chi connectivity index (χ0) is 12.2. The second-order valence-corrected chi connectivity index (χ2v) is 5.10. The Morgan fingerprint density at radius 3 is 2.50 bits per heavy atom. The predicted octanol–water partition coefficient (Wildman–Crippen LogP) is 1.52. The molecule has 0 aliphatic carbocycles. The van der Waals surface area contributed by atoms with Crippen LogP contribution in [-0.2, 0) is 10.0 Å². The molecular formula is C11H12FNO2S. The van der Waals surface area contributed by atoms with Crippen molar-refractivity contribution in [3.05, 3.63) is 30.1 Å². The maximum absolute atomic E-state index is 12.6. The lowest BCUT2D eigenvalue weighted by Crippen LogP contribution is -2.32. The van der Waals surface area contributed by atoms with Gasteiger partial charge in [-0.15, -0.1) is 12.3 Å². The predicted molar refractivity (Wildman–Crippen MR) is 59.6 cm³/mol. The topological polar surface area (TPSA) is 46.2 Å². The van der Waals surface area contributed by atoms with Gasteiger partial charge >= 0.3 is 0 Å². The van der Waals surface area contributed by atoms with Gasteiger partial charge in [0.05, 0.1) is 4.90 Å². The highest BCUT2D eigenvalue weighted by Crippen LogP contribution is 2.10. The Kier molecular flexibility index (Phi) is 4.05. The lowest BCUT2D eigenvalue weighted by molar-refractivity contribution is 0.563. The van der Waals surface area contributed by atoms with Crippen LogP contribution in [0.5, 0.6) is 0 Å². The molecule has 1 aromatic rings. The van der Waals surface area contributed by atoms with Crippen LogP contribution < -0.4 is 4.72 Å². The summed E-state index contributed by atoms with van der Waals surface area (Å²) in [5.74, 6) is 1.89. The molecule has 0 aliphatic rings. The van der Waals surface area contributed by atoms with Gasteiger partial charge in [-0.05, 0) is 31.2 Å². The summed E-state index contributed by atoms with van der Waals surface area (Å²) in [7, 11) is -3.61. The fraction of sp³-hybridized carbons (Fsp3) is 0.273. The van der Waals surface area contributed by atoms with Crippen LogP contribution >= 0.6 is 0 Å². The van der Waals surface area contributed by atoms with E-state index in [9.17, 15) is 12.8 Å². The molecule has 1 atom stereocenters. The first-order valence-corrected chi connectivity index (χ1v) is 6.15. The van der Waals surface area contributed by atoms with Crippen LogP contribution in [-0.4, -0.2) is 14.5 Å². The number of benzene rings is 1. The molecule has 0 bridgehead atoms. The lowest BCUT2D eigenvalue weighted by atomic mass is 10.3.